The predicted molar refractivity (Wildman–Crippen MR) is 72.7 cm³/mol. The topological polar surface area (TPSA) is 0 Å². The van der Waals surface area contributed by atoms with Crippen LogP contribution in [0.5, 0.6) is 0 Å². The Morgan fingerprint density at radius 1 is 1.12 bits per heavy atom. The summed E-state index contributed by atoms with van der Waals surface area (Å²) in [7, 11) is 0. The highest BCUT2D eigenvalue weighted by atomic mass is 19.1. The average molecular weight is 228 g/mol. The van der Waals surface area contributed by atoms with Gasteiger partial charge in [0.15, 0.2) is 0 Å². The average Bonchev–Trinajstić information content (AvgIpc) is 2.27. The predicted octanol–water partition coefficient (Wildman–Crippen LogP) is 4.92. The second-order valence-electron chi connectivity index (χ2n) is 5.32. The number of hydrogen-bond acceptors (Lipinski definition) is 0. The van der Waals surface area contributed by atoms with E-state index in [2.05, 4.69) is 33.4 Å². The Morgan fingerprint density at radius 3 is 2.41 bits per heavy atom. The first-order valence-corrected chi connectivity index (χ1v) is 5.79. The molecule has 0 aromatic heterocycles. The molecule has 2 aromatic carbocycles. The summed E-state index contributed by atoms with van der Waals surface area (Å²) >= 11 is 0. The zero-order valence-corrected chi connectivity index (χ0v) is 10.5. The molecule has 0 fully saturated rings. The zero-order valence-electron chi connectivity index (χ0n) is 10.5. The Labute approximate surface area is 102 Å². The minimum absolute atomic E-state index is 0.00887. The van der Waals surface area contributed by atoms with Crippen molar-refractivity contribution in [3.05, 3.63) is 53.9 Å². The highest BCUT2D eigenvalue weighted by molar-refractivity contribution is 5.94. The van der Waals surface area contributed by atoms with Gasteiger partial charge in [-0.3, -0.25) is 0 Å². The van der Waals surface area contributed by atoms with Crippen LogP contribution in [0.25, 0.3) is 16.8 Å². The second-order valence-corrected chi connectivity index (χ2v) is 5.32. The van der Waals surface area contributed by atoms with Crippen LogP contribution in [0.4, 0.5) is 4.39 Å². The van der Waals surface area contributed by atoms with Crippen molar-refractivity contribution in [3.8, 4) is 0 Å². The van der Waals surface area contributed by atoms with E-state index in [0.717, 1.165) is 16.3 Å². The van der Waals surface area contributed by atoms with E-state index in [0.29, 0.717) is 5.56 Å². The van der Waals surface area contributed by atoms with E-state index in [1.165, 1.54) is 6.07 Å². The second kappa shape index (κ2) is 3.99. The van der Waals surface area contributed by atoms with Crippen LogP contribution in [0.1, 0.15) is 31.9 Å². The number of hydrogen-bond donors (Lipinski definition) is 0. The fraction of sp³-hybridized carbons (Fsp3) is 0.250. The molecule has 0 nitrogen and oxygen atoms in total. The highest BCUT2D eigenvalue weighted by Crippen LogP contribution is 2.33. The van der Waals surface area contributed by atoms with E-state index in [1.807, 2.05) is 18.2 Å². The van der Waals surface area contributed by atoms with Gasteiger partial charge in [0.05, 0.1) is 0 Å². The summed E-state index contributed by atoms with van der Waals surface area (Å²) in [5.41, 5.74) is 1.75. The molecule has 17 heavy (non-hydrogen) atoms. The van der Waals surface area contributed by atoms with Gasteiger partial charge >= 0.3 is 0 Å². The highest BCUT2D eigenvalue weighted by Gasteiger charge is 2.19. The molecule has 1 heteroatoms. The maximum absolute atomic E-state index is 13.8. The summed E-state index contributed by atoms with van der Waals surface area (Å²) in [6.45, 7) is 10.1. The molecule has 0 aliphatic heterocycles. The Balaban J connectivity index is 2.95. The van der Waals surface area contributed by atoms with Gasteiger partial charge in [-0.2, -0.15) is 0 Å². The van der Waals surface area contributed by atoms with E-state index >= 15 is 0 Å². The van der Waals surface area contributed by atoms with Gasteiger partial charge < -0.3 is 0 Å². The van der Waals surface area contributed by atoms with E-state index < -0.39 is 0 Å². The minimum atomic E-state index is -0.204. The van der Waals surface area contributed by atoms with Gasteiger partial charge in [0.1, 0.15) is 5.82 Å². The standard InChI is InChI=1S/C16H17F/c1-5-12-14(17)10-9-11-7-6-8-13(15(11)12)16(2,3)4/h5-10H,1H2,2-4H3. The Kier molecular flexibility index (Phi) is 2.78. The number of benzene rings is 2. The zero-order chi connectivity index (χ0) is 12.6. The van der Waals surface area contributed by atoms with Crippen LogP contribution in [0.15, 0.2) is 36.9 Å². The van der Waals surface area contributed by atoms with Crippen molar-refractivity contribution in [2.24, 2.45) is 0 Å². The van der Waals surface area contributed by atoms with E-state index in [1.54, 1.807) is 6.08 Å². The number of halogens is 1. The molecule has 0 radical (unpaired) electrons. The third-order valence-electron chi connectivity index (χ3n) is 3.04. The smallest absolute Gasteiger partial charge is 0.131 e. The first-order valence-electron chi connectivity index (χ1n) is 5.79. The molecule has 2 aromatic rings. The molecule has 0 N–H and O–H groups in total. The Morgan fingerprint density at radius 2 is 1.82 bits per heavy atom. The molecule has 0 amide bonds. The SMILES string of the molecule is C=Cc1c(F)ccc2cccc(C(C)(C)C)c12. The van der Waals surface area contributed by atoms with Crippen LogP contribution >= 0.6 is 0 Å². The molecule has 88 valence electrons. The molecule has 0 bridgehead atoms. The van der Waals surface area contributed by atoms with Crippen LogP contribution in [0.2, 0.25) is 0 Å². The molecule has 0 aliphatic carbocycles. The van der Waals surface area contributed by atoms with Crippen molar-refractivity contribution in [2.45, 2.75) is 26.2 Å². The van der Waals surface area contributed by atoms with E-state index in [-0.39, 0.29) is 11.2 Å². The van der Waals surface area contributed by atoms with Crippen molar-refractivity contribution in [1.82, 2.24) is 0 Å². The largest absolute Gasteiger partial charge is 0.206 e. The lowest BCUT2D eigenvalue weighted by Gasteiger charge is -2.22. The summed E-state index contributed by atoms with van der Waals surface area (Å²) in [6, 6.07) is 9.43. The third-order valence-corrected chi connectivity index (χ3v) is 3.04. The van der Waals surface area contributed by atoms with Crippen LogP contribution in [-0.2, 0) is 5.41 Å². The fourth-order valence-corrected chi connectivity index (χ4v) is 2.21. The monoisotopic (exact) mass is 228 g/mol. The maximum atomic E-state index is 13.8. The molecule has 0 saturated heterocycles. The van der Waals surface area contributed by atoms with Crippen molar-refractivity contribution >= 4 is 16.8 Å². The normalized spacial score (nSPS) is 11.8. The third kappa shape index (κ3) is 1.97. The molecular weight excluding hydrogens is 211 g/mol. The van der Waals surface area contributed by atoms with Gasteiger partial charge in [0, 0.05) is 5.56 Å². The van der Waals surface area contributed by atoms with Crippen molar-refractivity contribution in [2.75, 3.05) is 0 Å². The van der Waals surface area contributed by atoms with E-state index in [4.69, 9.17) is 0 Å². The van der Waals surface area contributed by atoms with Crippen LogP contribution in [0.3, 0.4) is 0 Å². The summed E-state index contributed by atoms with van der Waals surface area (Å²) < 4.78 is 13.8. The van der Waals surface area contributed by atoms with Gasteiger partial charge in [-0.1, -0.05) is 57.7 Å². The number of fused-ring (bicyclic) bond motifs is 1. The number of rotatable bonds is 1. The summed E-state index contributed by atoms with van der Waals surface area (Å²) in [5, 5.41) is 2.05. The van der Waals surface area contributed by atoms with Crippen molar-refractivity contribution in [3.63, 3.8) is 0 Å². The minimum Gasteiger partial charge on any atom is -0.206 e. The molecule has 0 heterocycles. The van der Waals surface area contributed by atoms with Gasteiger partial charge in [-0.15, -0.1) is 0 Å². The first kappa shape index (κ1) is 11.8. The van der Waals surface area contributed by atoms with Crippen LogP contribution in [0, 0.1) is 5.82 Å². The molecule has 0 spiro atoms. The lowest BCUT2D eigenvalue weighted by Crippen LogP contribution is -2.12. The van der Waals surface area contributed by atoms with Gasteiger partial charge in [0.25, 0.3) is 0 Å². The fourth-order valence-electron chi connectivity index (χ4n) is 2.21. The Bertz CT molecular complexity index is 574. The lowest BCUT2D eigenvalue weighted by molar-refractivity contribution is 0.594. The van der Waals surface area contributed by atoms with Gasteiger partial charge in [-0.05, 0) is 27.8 Å². The van der Waals surface area contributed by atoms with Crippen LogP contribution < -0.4 is 0 Å². The summed E-state index contributed by atoms with van der Waals surface area (Å²) in [6.07, 6.45) is 1.60. The van der Waals surface area contributed by atoms with Crippen molar-refractivity contribution < 1.29 is 4.39 Å². The first-order chi connectivity index (χ1) is 7.95. The quantitative estimate of drug-likeness (QED) is 0.650. The lowest BCUT2D eigenvalue weighted by atomic mass is 9.82. The molecule has 2 rings (SSSR count). The van der Waals surface area contributed by atoms with Crippen LogP contribution in [-0.4, -0.2) is 0 Å². The van der Waals surface area contributed by atoms with Crippen molar-refractivity contribution in [1.29, 1.82) is 0 Å². The molecule has 0 unspecified atom stereocenters. The molecule has 0 saturated carbocycles. The van der Waals surface area contributed by atoms with E-state index in [9.17, 15) is 4.39 Å². The molecule has 0 aliphatic rings. The summed E-state index contributed by atoms with van der Waals surface area (Å²) in [5.74, 6) is -0.204. The molecule has 0 atom stereocenters. The molecular formula is C16H17F. The summed E-state index contributed by atoms with van der Waals surface area (Å²) in [4.78, 5) is 0. The van der Waals surface area contributed by atoms with Gasteiger partial charge in [0.2, 0.25) is 0 Å². The Hall–Kier alpha value is -1.63. The van der Waals surface area contributed by atoms with Gasteiger partial charge in [-0.25, -0.2) is 4.39 Å². The maximum Gasteiger partial charge on any atom is 0.131 e.